The van der Waals surface area contributed by atoms with Gasteiger partial charge in [-0.1, -0.05) is 65.8 Å². The Hall–Kier alpha value is -1.78. The van der Waals surface area contributed by atoms with Crippen molar-refractivity contribution >= 4 is 23.4 Å². The van der Waals surface area contributed by atoms with Crippen LogP contribution in [0.2, 0.25) is 5.02 Å². The lowest BCUT2D eigenvalue weighted by molar-refractivity contribution is 0.793. The van der Waals surface area contributed by atoms with Crippen molar-refractivity contribution in [3.8, 4) is 11.4 Å². The number of hydrogen-bond acceptors (Lipinski definition) is 3. The van der Waals surface area contributed by atoms with E-state index in [-0.39, 0.29) is 0 Å². The standard InChI is InChI=1S/C17H16ClN3S/c1-12-7-3-5-9-14(12)16-19-20-17(21(16)2)22-11-13-8-4-6-10-15(13)18/h3-10H,11H2,1-2H3. The van der Waals surface area contributed by atoms with Crippen molar-refractivity contribution in [1.29, 1.82) is 0 Å². The molecule has 0 bridgehead atoms. The van der Waals surface area contributed by atoms with Crippen LogP contribution in [0.1, 0.15) is 11.1 Å². The number of hydrogen-bond donors (Lipinski definition) is 0. The number of benzene rings is 2. The van der Waals surface area contributed by atoms with Crippen LogP contribution in [0, 0.1) is 6.92 Å². The molecule has 2 aromatic carbocycles. The second kappa shape index (κ2) is 6.55. The van der Waals surface area contributed by atoms with Crippen molar-refractivity contribution in [3.05, 3.63) is 64.7 Å². The zero-order valence-corrected chi connectivity index (χ0v) is 14.0. The van der Waals surface area contributed by atoms with Gasteiger partial charge in [-0.3, -0.25) is 0 Å². The molecule has 0 saturated heterocycles. The van der Waals surface area contributed by atoms with Gasteiger partial charge in [0.15, 0.2) is 11.0 Å². The van der Waals surface area contributed by atoms with E-state index in [0.717, 1.165) is 32.9 Å². The van der Waals surface area contributed by atoms with Crippen molar-refractivity contribution in [2.45, 2.75) is 17.8 Å². The highest BCUT2D eigenvalue weighted by Crippen LogP contribution is 2.28. The minimum atomic E-state index is 0.777. The van der Waals surface area contributed by atoms with E-state index < -0.39 is 0 Å². The summed E-state index contributed by atoms with van der Waals surface area (Å²) in [4.78, 5) is 0. The van der Waals surface area contributed by atoms with E-state index in [9.17, 15) is 0 Å². The lowest BCUT2D eigenvalue weighted by atomic mass is 10.1. The number of halogens is 1. The summed E-state index contributed by atoms with van der Waals surface area (Å²) in [6, 6.07) is 16.1. The summed E-state index contributed by atoms with van der Waals surface area (Å²) in [5.41, 5.74) is 3.41. The van der Waals surface area contributed by atoms with Crippen molar-refractivity contribution in [2.24, 2.45) is 7.05 Å². The smallest absolute Gasteiger partial charge is 0.191 e. The van der Waals surface area contributed by atoms with Gasteiger partial charge in [-0.15, -0.1) is 10.2 Å². The molecule has 0 aliphatic heterocycles. The maximum atomic E-state index is 6.20. The lowest BCUT2D eigenvalue weighted by Crippen LogP contribution is -1.96. The maximum absolute atomic E-state index is 6.20. The van der Waals surface area contributed by atoms with E-state index in [1.54, 1.807) is 11.8 Å². The average Bonchev–Trinajstić information content (AvgIpc) is 2.88. The molecule has 0 unspecified atom stereocenters. The second-order valence-electron chi connectivity index (χ2n) is 5.06. The Bertz CT molecular complexity index is 798. The van der Waals surface area contributed by atoms with E-state index in [1.165, 1.54) is 5.56 Å². The first-order valence-corrected chi connectivity index (χ1v) is 8.35. The van der Waals surface area contributed by atoms with Crippen molar-refractivity contribution < 1.29 is 0 Å². The minimum absolute atomic E-state index is 0.777. The molecule has 22 heavy (non-hydrogen) atoms. The Morgan fingerprint density at radius 1 is 1.05 bits per heavy atom. The summed E-state index contributed by atoms with van der Waals surface area (Å²) >= 11 is 7.84. The SMILES string of the molecule is Cc1ccccc1-c1nnc(SCc2ccccc2Cl)n1C. The molecule has 5 heteroatoms. The van der Waals surface area contributed by atoms with Crippen molar-refractivity contribution in [3.63, 3.8) is 0 Å². The first-order chi connectivity index (χ1) is 10.7. The summed E-state index contributed by atoms with van der Waals surface area (Å²) in [7, 11) is 2.00. The van der Waals surface area contributed by atoms with Gasteiger partial charge in [-0.05, 0) is 24.1 Å². The number of aromatic nitrogens is 3. The summed E-state index contributed by atoms with van der Waals surface area (Å²) < 4.78 is 2.03. The Balaban J connectivity index is 1.83. The molecular formula is C17H16ClN3S. The second-order valence-corrected chi connectivity index (χ2v) is 6.41. The lowest BCUT2D eigenvalue weighted by Gasteiger charge is -2.06. The Morgan fingerprint density at radius 3 is 2.55 bits per heavy atom. The molecule has 0 amide bonds. The first kappa shape index (κ1) is 15.1. The van der Waals surface area contributed by atoms with Gasteiger partial charge in [0.2, 0.25) is 0 Å². The molecule has 0 atom stereocenters. The molecule has 1 heterocycles. The van der Waals surface area contributed by atoms with Crippen molar-refractivity contribution in [1.82, 2.24) is 14.8 Å². The predicted molar refractivity (Wildman–Crippen MR) is 92.2 cm³/mol. The van der Waals surface area contributed by atoms with Crippen molar-refractivity contribution in [2.75, 3.05) is 0 Å². The fourth-order valence-corrected chi connectivity index (χ4v) is 3.45. The van der Waals surface area contributed by atoms with Gasteiger partial charge in [0.05, 0.1) is 0 Å². The number of thioether (sulfide) groups is 1. The third-order valence-corrected chi connectivity index (χ3v) is 4.97. The summed E-state index contributed by atoms with van der Waals surface area (Å²) in [6.45, 7) is 2.08. The van der Waals surface area contributed by atoms with Crippen LogP contribution in [0.4, 0.5) is 0 Å². The van der Waals surface area contributed by atoms with Gasteiger partial charge in [0, 0.05) is 23.4 Å². The van der Waals surface area contributed by atoms with Gasteiger partial charge in [-0.2, -0.15) is 0 Å². The summed E-state index contributed by atoms with van der Waals surface area (Å²) in [6.07, 6.45) is 0. The summed E-state index contributed by atoms with van der Waals surface area (Å²) in [5, 5.41) is 10.3. The van der Waals surface area contributed by atoms with Crippen LogP contribution >= 0.6 is 23.4 Å². The van der Waals surface area contributed by atoms with Crippen LogP contribution in [-0.2, 0) is 12.8 Å². The quantitative estimate of drug-likeness (QED) is 0.648. The van der Waals surface area contributed by atoms with E-state index >= 15 is 0 Å². The van der Waals surface area contributed by atoms with E-state index in [2.05, 4.69) is 29.3 Å². The largest absolute Gasteiger partial charge is 0.305 e. The number of nitrogens with zero attached hydrogens (tertiary/aromatic N) is 3. The molecule has 112 valence electrons. The molecule has 0 spiro atoms. The van der Waals surface area contributed by atoms with E-state index in [1.807, 2.05) is 48.0 Å². The molecule has 0 saturated carbocycles. The molecule has 3 rings (SSSR count). The van der Waals surface area contributed by atoms with Crippen LogP contribution in [0.3, 0.4) is 0 Å². The van der Waals surface area contributed by atoms with E-state index in [4.69, 9.17) is 11.6 Å². The Morgan fingerprint density at radius 2 is 1.77 bits per heavy atom. The topological polar surface area (TPSA) is 30.7 Å². The molecule has 0 fully saturated rings. The van der Waals surface area contributed by atoms with Crippen LogP contribution in [0.25, 0.3) is 11.4 Å². The van der Waals surface area contributed by atoms with Gasteiger partial charge < -0.3 is 4.57 Å². The average molecular weight is 330 g/mol. The molecule has 3 nitrogen and oxygen atoms in total. The number of rotatable bonds is 4. The Labute approximate surface area is 139 Å². The van der Waals surface area contributed by atoms with Gasteiger partial charge >= 0.3 is 0 Å². The Kier molecular flexibility index (Phi) is 4.50. The summed E-state index contributed by atoms with van der Waals surface area (Å²) in [5.74, 6) is 1.67. The minimum Gasteiger partial charge on any atom is -0.305 e. The zero-order chi connectivity index (χ0) is 15.5. The van der Waals surface area contributed by atoms with Gasteiger partial charge in [-0.25, -0.2) is 0 Å². The van der Waals surface area contributed by atoms with Gasteiger partial charge in [0.25, 0.3) is 0 Å². The molecule has 0 N–H and O–H groups in total. The van der Waals surface area contributed by atoms with Crippen LogP contribution in [-0.4, -0.2) is 14.8 Å². The monoisotopic (exact) mass is 329 g/mol. The normalized spacial score (nSPS) is 10.9. The highest BCUT2D eigenvalue weighted by atomic mass is 35.5. The molecule has 3 aromatic rings. The number of aryl methyl sites for hydroxylation is 1. The zero-order valence-electron chi connectivity index (χ0n) is 12.5. The maximum Gasteiger partial charge on any atom is 0.191 e. The fourth-order valence-electron chi connectivity index (χ4n) is 2.26. The van der Waals surface area contributed by atoms with Crippen LogP contribution < -0.4 is 0 Å². The highest BCUT2D eigenvalue weighted by Gasteiger charge is 2.13. The third kappa shape index (κ3) is 3.03. The fraction of sp³-hybridized carbons (Fsp3) is 0.176. The van der Waals surface area contributed by atoms with Gasteiger partial charge in [0.1, 0.15) is 0 Å². The van der Waals surface area contributed by atoms with Crippen LogP contribution in [0.5, 0.6) is 0 Å². The first-order valence-electron chi connectivity index (χ1n) is 6.98. The van der Waals surface area contributed by atoms with Crippen LogP contribution in [0.15, 0.2) is 53.7 Å². The molecular weight excluding hydrogens is 314 g/mol. The molecule has 0 radical (unpaired) electrons. The molecule has 0 aliphatic carbocycles. The third-order valence-electron chi connectivity index (χ3n) is 3.54. The highest BCUT2D eigenvalue weighted by molar-refractivity contribution is 7.98. The molecule has 0 aliphatic rings. The van der Waals surface area contributed by atoms with E-state index in [0.29, 0.717) is 0 Å². The predicted octanol–water partition coefficient (Wildman–Crippen LogP) is 4.74. The molecule has 1 aromatic heterocycles.